The lowest BCUT2D eigenvalue weighted by Crippen LogP contribution is -2.39. The van der Waals surface area contributed by atoms with Crippen LogP contribution in [-0.2, 0) is 11.3 Å². The summed E-state index contributed by atoms with van der Waals surface area (Å²) in [5.74, 6) is 1.22. The molecule has 8 heteroatoms. The summed E-state index contributed by atoms with van der Waals surface area (Å²) in [5.41, 5.74) is 4.08. The highest BCUT2D eigenvalue weighted by molar-refractivity contribution is 5.94. The van der Waals surface area contributed by atoms with Crippen LogP contribution in [0.15, 0.2) is 41.1 Å². The maximum atomic E-state index is 13.6. The summed E-state index contributed by atoms with van der Waals surface area (Å²) in [6, 6.07) is 9.39. The summed E-state index contributed by atoms with van der Waals surface area (Å²) in [7, 11) is 3.82. The number of hydrogen-bond acceptors (Lipinski definition) is 7. The van der Waals surface area contributed by atoms with Gasteiger partial charge in [-0.05, 0) is 50.8 Å². The van der Waals surface area contributed by atoms with E-state index in [0.717, 1.165) is 41.8 Å². The Bertz CT molecular complexity index is 1090. The molecule has 4 rings (SSSR count). The molecule has 8 nitrogen and oxygen atoms in total. The van der Waals surface area contributed by atoms with E-state index in [9.17, 15) is 4.79 Å². The largest absolute Gasteiger partial charge is 0.377 e. The molecule has 1 atom stereocenters. The number of hydrogen-bond donors (Lipinski definition) is 0. The van der Waals surface area contributed by atoms with Crippen LogP contribution >= 0.6 is 0 Å². The van der Waals surface area contributed by atoms with Crippen LogP contribution in [0.25, 0.3) is 11.3 Å². The van der Waals surface area contributed by atoms with E-state index in [0.29, 0.717) is 37.0 Å². The van der Waals surface area contributed by atoms with Crippen molar-refractivity contribution in [2.45, 2.75) is 45.8 Å². The van der Waals surface area contributed by atoms with E-state index in [1.54, 1.807) is 6.20 Å². The number of amides is 1. The second-order valence-corrected chi connectivity index (χ2v) is 8.54. The van der Waals surface area contributed by atoms with E-state index in [1.807, 2.05) is 68.1 Å². The molecular weight excluding hydrogens is 418 g/mol. The van der Waals surface area contributed by atoms with Crippen LogP contribution in [0.1, 0.15) is 59.5 Å². The fraction of sp³-hybridized carbons (Fsp3) is 0.440. The molecule has 0 aliphatic carbocycles. The highest BCUT2D eigenvalue weighted by Gasteiger charge is 2.33. The predicted octanol–water partition coefficient (Wildman–Crippen LogP) is 4.41. The van der Waals surface area contributed by atoms with E-state index in [1.165, 1.54) is 0 Å². The average molecular weight is 450 g/mol. The Morgan fingerprint density at radius 2 is 2.03 bits per heavy atom. The molecule has 1 aromatic carbocycles. The van der Waals surface area contributed by atoms with E-state index in [-0.39, 0.29) is 11.9 Å². The Balaban J connectivity index is 1.69. The predicted molar refractivity (Wildman–Crippen MR) is 126 cm³/mol. The Labute approximate surface area is 194 Å². The Kier molecular flexibility index (Phi) is 7.03. The Morgan fingerprint density at radius 1 is 1.24 bits per heavy atom. The van der Waals surface area contributed by atoms with Crippen molar-refractivity contribution in [2.75, 3.05) is 32.1 Å². The monoisotopic (exact) mass is 449 g/mol. The van der Waals surface area contributed by atoms with Crippen LogP contribution in [0, 0.1) is 6.92 Å². The van der Waals surface area contributed by atoms with E-state index in [4.69, 9.17) is 14.2 Å². The van der Waals surface area contributed by atoms with Crippen molar-refractivity contribution in [3.05, 3.63) is 59.0 Å². The van der Waals surface area contributed by atoms with Gasteiger partial charge in [0.2, 0.25) is 5.95 Å². The molecule has 0 saturated carbocycles. The quantitative estimate of drug-likeness (QED) is 0.528. The van der Waals surface area contributed by atoms with Crippen LogP contribution in [0.3, 0.4) is 0 Å². The maximum Gasteiger partial charge on any atom is 0.254 e. The van der Waals surface area contributed by atoms with E-state index in [2.05, 4.69) is 10.1 Å². The summed E-state index contributed by atoms with van der Waals surface area (Å²) < 4.78 is 11.0. The zero-order valence-corrected chi connectivity index (χ0v) is 19.7. The summed E-state index contributed by atoms with van der Waals surface area (Å²) in [6.07, 6.45) is 4.60. The highest BCUT2D eigenvalue weighted by atomic mass is 16.5. The first-order valence-corrected chi connectivity index (χ1v) is 11.4. The summed E-state index contributed by atoms with van der Waals surface area (Å²) in [6.45, 7) is 5.74. The zero-order valence-electron chi connectivity index (χ0n) is 19.7. The number of carbonyl (C=O) groups is 1. The van der Waals surface area contributed by atoms with Crippen LogP contribution in [0.2, 0.25) is 0 Å². The van der Waals surface area contributed by atoms with Crippen molar-refractivity contribution in [2.24, 2.45) is 0 Å². The summed E-state index contributed by atoms with van der Waals surface area (Å²) >= 11 is 0. The third-order valence-electron chi connectivity index (χ3n) is 5.85. The van der Waals surface area contributed by atoms with Crippen molar-refractivity contribution in [1.29, 1.82) is 0 Å². The molecule has 0 bridgehead atoms. The number of aromatic nitrogens is 3. The van der Waals surface area contributed by atoms with Crippen LogP contribution in [-0.4, -0.2) is 53.2 Å². The number of likely N-dealkylation sites (tertiary alicyclic amines) is 1. The number of nitrogens with zero attached hydrogens (tertiary/aromatic N) is 5. The number of carbonyl (C=O) groups excluding carboxylic acids is 1. The van der Waals surface area contributed by atoms with Crippen molar-refractivity contribution >= 4 is 11.9 Å². The molecular formula is C25H31N5O3. The van der Waals surface area contributed by atoms with Crippen molar-refractivity contribution in [3.63, 3.8) is 0 Å². The third-order valence-corrected chi connectivity index (χ3v) is 5.85. The topological polar surface area (TPSA) is 84.6 Å². The van der Waals surface area contributed by atoms with Gasteiger partial charge in [0.05, 0.1) is 29.6 Å². The molecule has 3 heterocycles. The van der Waals surface area contributed by atoms with Gasteiger partial charge >= 0.3 is 0 Å². The Hall–Kier alpha value is -3.26. The molecule has 174 valence electrons. The van der Waals surface area contributed by atoms with Gasteiger partial charge in [0, 0.05) is 45.1 Å². The number of anilines is 1. The fourth-order valence-electron chi connectivity index (χ4n) is 4.12. The third kappa shape index (κ3) is 5.06. The minimum absolute atomic E-state index is 0.00683. The molecule has 0 unspecified atom stereocenters. The number of rotatable bonds is 7. The van der Waals surface area contributed by atoms with Crippen LogP contribution in [0.4, 0.5) is 5.95 Å². The van der Waals surface area contributed by atoms with Gasteiger partial charge in [-0.1, -0.05) is 17.3 Å². The fourth-order valence-corrected chi connectivity index (χ4v) is 4.12. The van der Waals surface area contributed by atoms with Gasteiger partial charge in [-0.15, -0.1) is 0 Å². The first kappa shape index (κ1) is 22.9. The van der Waals surface area contributed by atoms with Crippen molar-refractivity contribution in [1.82, 2.24) is 20.0 Å². The van der Waals surface area contributed by atoms with Gasteiger partial charge < -0.3 is 19.1 Å². The molecule has 1 saturated heterocycles. The summed E-state index contributed by atoms with van der Waals surface area (Å²) in [5, 5.41) is 4.04. The molecule has 1 aliphatic heterocycles. The molecule has 0 N–H and O–H groups in total. The standard InChI is InChI=1S/C25H31N5O3/c1-5-32-16-18-9-11-19(12-10-18)24(31)30-13-7-6-8-21(30)23-20(22-14-17(2)28-33-22)15-26-25(27-23)29(3)4/h9-12,14-15,21H,5-8,13,16H2,1-4H3/t21-/m1/s1. The van der Waals surface area contributed by atoms with Crippen LogP contribution in [0.5, 0.6) is 0 Å². The zero-order chi connectivity index (χ0) is 23.4. The molecule has 33 heavy (non-hydrogen) atoms. The normalized spacial score (nSPS) is 16.1. The number of benzene rings is 1. The first-order valence-electron chi connectivity index (χ1n) is 11.4. The second-order valence-electron chi connectivity index (χ2n) is 8.54. The number of piperidine rings is 1. The van der Waals surface area contributed by atoms with E-state index >= 15 is 0 Å². The van der Waals surface area contributed by atoms with Gasteiger partial charge in [0.1, 0.15) is 0 Å². The summed E-state index contributed by atoms with van der Waals surface area (Å²) in [4.78, 5) is 26.8. The lowest BCUT2D eigenvalue weighted by atomic mass is 9.94. The first-order chi connectivity index (χ1) is 16.0. The lowest BCUT2D eigenvalue weighted by Gasteiger charge is -2.36. The lowest BCUT2D eigenvalue weighted by molar-refractivity contribution is 0.0606. The second kappa shape index (κ2) is 10.1. The average Bonchev–Trinajstić information content (AvgIpc) is 3.28. The molecule has 0 radical (unpaired) electrons. The SMILES string of the molecule is CCOCc1ccc(C(=O)N2CCCC[C@@H]2c2nc(N(C)C)ncc2-c2cc(C)no2)cc1. The van der Waals surface area contributed by atoms with Gasteiger partial charge in [-0.2, -0.15) is 0 Å². The minimum atomic E-state index is -0.170. The van der Waals surface area contributed by atoms with Gasteiger partial charge in [0.15, 0.2) is 5.76 Å². The molecule has 1 fully saturated rings. The molecule has 2 aromatic heterocycles. The molecule has 1 amide bonds. The van der Waals surface area contributed by atoms with Crippen LogP contribution < -0.4 is 4.90 Å². The Morgan fingerprint density at radius 3 is 2.70 bits per heavy atom. The minimum Gasteiger partial charge on any atom is -0.377 e. The van der Waals surface area contributed by atoms with Gasteiger partial charge in [-0.25, -0.2) is 9.97 Å². The van der Waals surface area contributed by atoms with Gasteiger partial charge in [-0.3, -0.25) is 4.79 Å². The maximum absolute atomic E-state index is 13.6. The van der Waals surface area contributed by atoms with E-state index < -0.39 is 0 Å². The number of aryl methyl sites for hydroxylation is 1. The smallest absolute Gasteiger partial charge is 0.254 e. The van der Waals surface area contributed by atoms with Crippen molar-refractivity contribution < 1.29 is 14.1 Å². The number of ether oxygens (including phenoxy) is 1. The highest BCUT2D eigenvalue weighted by Crippen LogP contribution is 2.37. The molecule has 0 spiro atoms. The van der Waals surface area contributed by atoms with Gasteiger partial charge in [0.25, 0.3) is 5.91 Å². The molecule has 3 aromatic rings. The molecule has 1 aliphatic rings. The van der Waals surface area contributed by atoms with Crippen molar-refractivity contribution in [3.8, 4) is 11.3 Å².